The van der Waals surface area contributed by atoms with Gasteiger partial charge in [0.05, 0.1) is 0 Å². The molecule has 102 valence electrons. The summed E-state index contributed by atoms with van der Waals surface area (Å²) < 4.78 is 0. The van der Waals surface area contributed by atoms with Gasteiger partial charge >= 0.3 is 5.97 Å². The van der Waals surface area contributed by atoms with Gasteiger partial charge in [-0.1, -0.05) is 0 Å². The number of carbonyl (C=O) groups is 2. The number of nitrogens with zero attached hydrogens (tertiary/aromatic N) is 1. The van der Waals surface area contributed by atoms with Gasteiger partial charge in [-0.3, -0.25) is 19.9 Å². The molecule has 18 heavy (non-hydrogen) atoms. The van der Waals surface area contributed by atoms with Crippen LogP contribution in [0.25, 0.3) is 0 Å². The summed E-state index contributed by atoms with van der Waals surface area (Å²) in [6.07, 6.45) is 1.19. The standard InChI is InChI=1S/C10H18N4O4/c11-6(9(17)18)2-1-4-12-10-13-7(3-5-15)8(16)14-10/h6-7,15H,1-5,11H2,(H,17,18)(H2,12,13,14,16). The van der Waals surface area contributed by atoms with Gasteiger partial charge in [0, 0.05) is 13.2 Å². The quantitative estimate of drug-likeness (QED) is 0.335. The van der Waals surface area contributed by atoms with Crippen LogP contribution in [0.4, 0.5) is 0 Å². The Labute approximate surface area is 104 Å². The summed E-state index contributed by atoms with van der Waals surface area (Å²) in [7, 11) is 0. The zero-order valence-corrected chi connectivity index (χ0v) is 9.93. The molecule has 8 heteroatoms. The minimum Gasteiger partial charge on any atom is -0.480 e. The van der Waals surface area contributed by atoms with Gasteiger partial charge < -0.3 is 21.3 Å². The molecule has 2 unspecified atom stereocenters. The van der Waals surface area contributed by atoms with Crippen LogP contribution < -0.4 is 16.4 Å². The number of hydrogen-bond donors (Lipinski definition) is 5. The molecule has 1 aliphatic rings. The van der Waals surface area contributed by atoms with Crippen LogP contribution in [0.15, 0.2) is 4.99 Å². The number of nitrogens with one attached hydrogen (secondary N) is 2. The average molecular weight is 258 g/mol. The molecule has 0 aliphatic carbocycles. The average Bonchev–Trinajstić information content (AvgIpc) is 2.66. The van der Waals surface area contributed by atoms with Crippen LogP contribution in [-0.4, -0.2) is 53.3 Å². The molecular formula is C10H18N4O4. The van der Waals surface area contributed by atoms with Crippen LogP contribution in [-0.2, 0) is 9.59 Å². The van der Waals surface area contributed by atoms with Crippen LogP contribution in [0.2, 0.25) is 0 Å². The van der Waals surface area contributed by atoms with E-state index in [0.717, 1.165) is 0 Å². The molecule has 1 fully saturated rings. The highest BCUT2D eigenvalue weighted by atomic mass is 16.4. The van der Waals surface area contributed by atoms with E-state index in [-0.39, 0.29) is 12.5 Å². The predicted molar refractivity (Wildman–Crippen MR) is 63.9 cm³/mol. The highest BCUT2D eigenvalue weighted by Gasteiger charge is 2.27. The van der Waals surface area contributed by atoms with E-state index < -0.39 is 18.1 Å². The summed E-state index contributed by atoms with van der Waals surface area (Å²) in [6.45, 7) is 0.307. The maximum atomic E-state index is 11.3. The van der Waals surface area contributed by atoms with Gasteiger partial charge in [0.25, 0.3) is 0 Å². The second-order valence-electron chi connectivity index (χ2n) is 4.02. The van der Waals surface area contributed by atoms with E-state index in [1.54, 1.807) is 0 Å². The minimum atomic E-state index is -1.03. The van der Waals surface area contributed by atoms with Crippen molar-refractivity contribution in [2.45, 2.75) is 31.3 Å². The number of aliphatic hydroxyl groups is 1. The number of aliphatic imine (C=N–C) groups is 1. The normalized spacial score (nSPS) is 22.7. The number of carboxylic acids is 1. The number of guanidine groups is 1. The third-order valence-electron chi connectivity index (χ3n) is 2.55. The number of nitrogens with two attached hydrogens (primary N) is 1. The lowest BCUT2D eigenvalue weighted by Gasteiger charge is -2.05. The van der Waals surface area contributed by atoms with Crippen molar-refractivity contribution in [3.63, 3.8) is 0 Å². The molecule has 0 radical (unpaired) electrons. The Kier molecular flexibility index (Phi) is 5.53. The van der Waals surface area contributed by atoms with E-state index in [1.165, 1.54) is 0 Å². The second-order valence-corrected chi connectivity index (χ2v) is 4.02. The fraction of sp³-hybridized carbons (Fsp3) is 0.700. The van der Waals surface area contributed by atoms with E-state index in [1.807, 2.05) is 0 Å². The van der Waals surface area contributed by atoms with Gasteiger partial charge in [0.1, 0.15) is 12.1 Å². The molecule has 0 saturated carbocycles. The number of carbonyl (C=O) groups excluding carboxylic acids is 1. The first-order valence-electron chi connectivity index (χ1n) is 5.75. The molecule has 0 spiro atoms. The van der Waals surface area contributed by atoms with Crippen LogP contribution in [0, 0.1) is 0 Å². The molecule has 1 saturated heterocycles. The zero-order chi connectivity index (χ0) is 13.5. The molecule has 0 aromatic rings. The van der Waals surface area contributed by atoms with Gasteiger partial charge in [-0.05, 0) is 19.3 Å². The first-order valence-corrected chi connectivity index (χ1v) is 5.75. The first kappa shape index (κ1) is 14.4. The van der Waals surface area contributed by atoms with Crippen LogP contribution in [0.5, 0.6) is 0 Å². The summed E-state index contributed by atoms with van der Waals surface area (Å²) >= 11 is 0. The molecule has 2 atom stereocenters. The largest absolute Gasteiger partial charge is 0.480 e. The van der Waals surface area contributed by atoms with Crippen LogP contribution in [0.3, 0.4) is 0 Å². The Hall–Kier alpha value is -1.67. The van der Waals surface area contributed by atoms with Crippen molar-refractivity contribution in [1.29, 1.82) is 0 Å². The SMILES string of the molecule is NC(CCCN=C1NC(=O)C(CCO)N1)C(=O)O. The Morgan fingerprint density at radius 2 is 2.28 bits per heavy atom. The van der Waals surface area contributed by atoms with Crippen molar-refractivity contribution >= 4 is 17.8 Å². The van der Waals surface area contributed by atoms with Gasteiger partial charge in [0.15, 0.2) is 5.96 Å². The van der Waals surface area contributed by atoms with Gasteiger partial charge in [-0.25, -0.2) is 0 Å². The molecule has 0 bridgehead atoms. The molecule has 1 rings (SSSR count). The summed E-state index contributed by atoms with van der Waals surface area (Å²) in [5.41, 5.74) is 5.33. The fourth-order valence-corrected chi connectivity index (χ4v) is 1.51. The van der Waals surface area contributed by atoms with E-state index >= 15 is 0 Å². The van der Waals surface area contributed by atoms with Crippen molar-refractivity contribution in [2.24, 2.45) is 10.7 Å². The zero-order valence-electron chi connectivity index (χ0n) is 9.93. The van der Waals surface area contributed by atoms with E-state index in [0.29, 0.717) is 31.8 Å². The number of aliphatic carboxylic acids is 1. The van der Waals surface area contributed by atoms with Crippen molar-refractivity contribution in [3.05, 3.63) is 0 Å². The molecule has 1 aliphatic heterocycles. The summed E-state index contributed by atoms with van der Waals surface area (Å²) in [6, 6.07) is -1.33. The molecular weight excluding hydrogens is 240 g/mol. The number of carboxylic acid groups (broad SMARTS) is 1. The highest BCUT2D eigenvalue weighted by Crippen LogP contribution is 2.00. The van der Waals surface area contributed by atoms with Crippen molar-refractivity contribution in [2.75, 3.05) is 13.2 Å². The van der Waals surface area contributed by atoms with Crippen molar-refractivity contribution in [3.8, 4) is 0 Å². The summed E-state index contributed by atoms with van der Waals surface area (Å²) in [5.74, 6) is -0.884. The van der Waals surface area contributed by atoms with Crippen LogP contribution in [0.1, 0.15) is 19.3 Å². The summed E-state index contributed by atoms with van der Waals surface area (Å²) in [5, 5.41) is 22.7. The molecule has 8 nitrogen and oxygen atoms in total. The number of rotatable bonds is 7. The third kappa shape index (κ3) is 4.30. The van der Waals surface area contributed by atoms with Crippen LogP contribution >= 0.6 is 0 Å². The van der Waals surface area contributed by atoms with Gasteiger partial charge in [0.2, 0.25) is 5.91 Å². The Morgan fingerprint density at radius 1 is 1.56 bits per heavy atom. The highest BCUT2D eigenvalue weighted by molar-refractivity contribution is 6.06. The third-order valence-corrected chi connectivity index (χ3v) is 2.55. The Bertz CT molecular complexity index is 345. The molecule has 1 amide bonds. The van der Waals surface area contributed by atoms with E-state index in [9.17, 15) is 9.59 Å². The predicted octanol–water partition coefficient (Wildman–Crippen LogP) is -2.00. The van der Waals surface area contributed by atoms with Gasteiger partial charge in [-0.15, -0.1) is 0 Å². The van der Waals surface area contributed by atoms with Gasteiger partial charge in [-0.2, -0.15) is 0 Å². The van der Waals surface area contributed by atoms with Crippen molar-refractivity contribution < 1.29 is 19.8 Å². The second kappa shape index (κ2) is 6.92. The maximum absolute atomic E-state index is 11.3. The monoisotopic (exact) mass is 258 g/mol. The number of aliphatic hydroxyl groups excluding tert-OH is 1. The lowest BCUT2D eigenvalue weighted by Crippen LogP contribution is -2.31. The van der Waals surface area contributed by atoms with Crippen molar-refractivity contribution in [1.82, 2.24) is 10.6 Å². The number of hydrogen-bond acceptors (Lipinski definition) is 5. The Balaban J connectivity index is 2.28. The molecule has 0 aromatic carbocycles. The molecule has 6 N–H and O–H groups in total. The summed E-state index contributed by atoms with van der Waals surface area (Å²) in [4.78, 5) is 25.9. The molecule has 0 aromatic heterocycles. The van der Waals surface area contributed by atoms with E-state index in [4.69, 9.17) is 15.9 Å². The maximum Gasteiger partial charge on any atom is 0.320 e. The number of amides is 1. The molecule has 1 heterocycles. The minimum absolute atomic E-state index is 0.0775. The first-order chi connectivity index (χ1) is 8.54. The Morgan fingerprint density at radius 3 is 2.89 bits per heavy atom. The fourth-order valence-electron chi connectivity index (χ4n) is 1.51. The smallest absolute Gasteiger partial charge is 0.320 e. The topological polar surface area (TPSA) is 137 Å². The lowest BCUT2D eigenvalue weighted by atomic mass is 10.2. The van der Waals surface area contributed by atoms with E-state index in [2.05, 4.69) is 15.6 Å². The lowest BCUT2D eigenvalue weighted by molar-refractivity contribution is -0.138.